The number of nitrogens with zero attached hydrogens (tertiary/aromatic N) is 1. The molecule has 0 saturated heterocycles. The van der Waals surface area contributed by atoms with Gasteiger partial charge < -0.3 is 0 Å². The maximum atomic E-state index is 6.22. The van der Waals surface area contributed by atoms with Gasteiger partial charge in [0, 0.05) is 37.6 Å². The largest absolute Gasteiger partial charge is 0.212 e. The van der Waals surface area contributed by atoms with E-state index in [0.717, 1.165) is 28.4 Å². The lowest BCUT2D eigenvalue weighted by atomic mass is 9.13. The minimum Gasteiger partial charge on any atom is -0.199 e. The monoisotopic (exact) mass is 613 g/mol. The summed E-state index contributed by atoms with van der Waals surface area (Å²) in [5.74, 6) is 0. The van der Waals surface area contributed by atoms with Crippen molar-refractivity contribution in [3.8, 4) is 0 Å². The van der Waals surface area contributed by atoms with Crippen LogP contribution in [0.4, 0.5) is 0 Å². The Hall–Kier alpha value is -3.27. The summed E-state index contributed by atoms with van der Waals surface area (Å²) in [6.45, 7) is 3.19. The van der Waals surface area contributed by atoms with Crippen molar-refractivity contribution in [1.29, 1.82) is 0 Å². The van der Waals surface area contributed by atoms with E-state index in [1.54, 1.807) is 0 Å². The third-order valence-electron chi connectivity index (χ3n) is 7.61. The SMILES string of the molecule is CC[n+]1cccc2ccccc21.Clc1ccc([B-](c2ccc(Cl)cc2)(c2ccc(Cl)cc2)c2ccc(Cl)cc2)cc1. The summed E-state index contributed by atoms with van der Waals surface area (Å²) in [6.07, 6.45) is 0.606. The van der Waals surface area contributed by atoms with E-state index in [9.17, 15) is 0 Å². The molecule has 41 heavy (non-hydrogen) atoms. The molecule has 0 aliphatic carbocycles. The van der Waals surface area contributed by atoms with Crippen LogP contribution in [0.2, 0.25) is 20.1 Å². The van der Waals surface area contributed by atoms with Gasteiger partial charge in [0.05, 0.1) is 0 Å². The lowest BCUT2D eigenvalue weighted by Gasteiger charge is -2.44. The van der Waals surface area contributed by atoms with Crippen LogP contribution in [0.1, 0.15) is 6.92 Å². The second-order valence-electron chi connectivity index (χ2n) is 9.93. The molecule has 0 atom stereocenters. The summed E-state index contributed by atoms with van der Waals surface area (Å²) in [7, 11) is 0. The lowest BCUT2D eigenvalue weighted by Crippen LogP contribution is -2.74. The van der Waals surface area contributed by atoms with Gasteiger partial charge in [-0.3, -0.25) is 0 Å². The second kappa shape index (κ2) is 13.1. The minimum absolute atomic E-state index is 0.696. The van der Waals surface area contributed by atoms with E-state index >= 15 is 0 Å². The normalized spacial score (nSPS) is 11.1. The summed E-state index contributed by atoms with van der Waals surface area (Å²) in [6, 6.07) is 44.7. The Bertz CT molecular complexity index is 1540. The number of hydrogen-bond acceptors (Lipinski definition) is 0. The molecule has 204 valence electrons. The van der Waals surface area contributed by atoms with Gasteiger partial charge in [0.25, 0.3) is 0 Å². The van der Waals surface area contributed by atoms with Crippen molar-refractivity contribution < 1.29 is 4.57 Å². The van der Waals surface area contributed by atoms with Gasteiger partial charge in [0.2, 0.25) is 5.52 Å². The highest BCUT2D eigenvalue weighted by Gasteiger charge is 2.31. The fourth-order valence-corrected chi connectivity index (χ4v) is 6.16. The highest BCUT2D eigenvalue weighted by atomic mass is 35.5. The number of aromatic nitrogens is 1. The van der Waals surface area contributed by atoms with Crippen LogP contribution in [0.25, 0.3) is 10.9 Å². The van der Waals surface area contributed by atoms with Crippen LogP contribution in [0.3, 0.4) is 0 Å². The zero-order valence-corrected chi connectivity index (χ0v) is 25.5. The molecule has 6 aromatic rings. The van der Waals surface area contributed by atoms with Crippen molar-refractivity contribution in [2.45, 2.75) is 13.5 Å². The summed E-state index contributed by atoms with van der Waals surface area (Å²) in [5.41, 5.74) is 5.87. The van der Waals surface area contributed by atoms with Gasteiger partial charge in [0.1, 0.15) is 12.7 Å². The van der Waals surface area contributed by atoms with E-state index in [2.05, 4.69) is 103 Å². The minimum atomic E-state index is -1.51. The lowest BCUT2D eigenvalue weighted by molar-refractivity contribution is -0.667. The molecular formula is C35H28BCl4N. The van der Waals surface area contributed by atoms with Crippen LogP contribution in [0, 0.1) is 0 Å². The smallest absolute Gasteiger partial charge is 0.199 e. The van der Waals surface area contributed by atoms with E-state index in [-0.39, 0.29) is 0 Å². The zero-order valence-electron chi connectivity index (χ0n) is 22.5. The summed E-state index contributed by atoms with van der Waals surface area (Å²) >= 11 is 24.9. The molecule has 0 aliphatic heterocycles. The quantitative estimate of drug-likeness (QED) is 0.138. The molecule has 0 unspecified atom stereocenters. The first-order valence-electron chi connectivity index (χ1n) is 13.5. The highest BCUT2D eigenvalue weighted by Crippen LogP contribution is 2.17. The number of pyridine rings is 1. The van der Waals surface area contributed by atoms with Gasteiger partial charge >= 0.3 is 0 Å². The van der Waals surface area contributed by atoms with Crippen LogP contribution in [0.15, 0.2) is 140 Å². The number of rotatable bonds is 5. The van der Waals surface area contributed by atoms with Crippen molar-refractivity contribution in [3.63, 3.8) is 0 Å². The van der Waals surface area contributed by atoms with Gasteiger partial charge in [-0.1, -0.05) is 107 Å². The molecule has 0 fully saturated rings. The van der Waals surface area contributed by atoms with Crippen LogP contribution < -0.4 is 26.4 Å². The Morgan fingerprint density at radius 3 is 1.17 bits per heavy atom. The number of fused-ring (bicyclic) bond motifs is 1. The molecule has 1 heterocycles. The molecule has 1 aromatic heterocycles. The maximum Gasteiger partial charge on any atom is 0.212 e. The van der Waals surface area contributed by atoms with Gasteiger partial charge in [-0.05, 0) is 67.6 Å². The average Bonchev–Trinajstić information content (AvgIpc) is 3.01. The number of aryl methyl sites for hydroxylation is 1. The summed E-state index contributed by atoms with van der Waals surface area (Å²) < 4.78 is 2.25. The summed E-state index contributed by atoms with van der Waals surface area (Å²) in [5, 5.41) is 4.09. The third-order valence-corrected chi connectivity index (χ3v) is 8.62. The maximum absolute atomic E-state index is 6.22. The molecule has 0 saturated carbocycles. The number of benzene rings is 5. The van der Waals surface area contributed by atoms with Gasteiger partial charge in [-0.2, -0.15) is 26.4 Å². The van der Waals surface area contributed by atoms with Crippen LogP contribution in [-0.4, -0.2) is 6.15 Å². The molecule has 6 heteroatoms. The second-order valence-corrected chi connectivity index (χ2v) is 11.7. The Morgan fingerprint density at radius 1 is 0.463 bits per heavy atom. The molecule has 0 aliphatic rings. The molecule has 6 rings (SSSR count). The predicted molar refractivity (Wildman–Crippen MR) is 180 cm³/mol. The Morgan fingerprint density at radius 2 is 0.805 bits per heavy atom. The first kappa shape index (κ1) is 29.2. The number of para-hydroxylation sites is 1. The first-order chi connectivity index (χ1) is 19.9. The van der Waals surface area contributed by atoms with Gasteiger partial charge in [-0.15, -0.1) is 0 Å². The Kier molecular flexibility index (Phi) is 9.37. The van der Waals surface area contributed by atoms with E-state index in [0.29, 0.717) is 20.1 Å². The van der Waals surface area contributed by atoms with Crippen molar-refractivity contribution in [2.75, 3.05) is 0 Å². The molecule has 1 nitrogen and oxygen atoms in total. The van der Waals surface area contributed by atoms with Crippen molar-refractivity contribution in [1.82, 2.24) is 0 Å². The fourth-order valence-electron chi connectivity index (χ4n) is 5.66. The average molecular weight is 615 g/mol. The first-order valence-corrected chi connectivity index (χ1v) is 15.0. The van der Waals surface area contributed by atoms with E-state index in [1.807, 2.05) is 48.5 Å². The molecule has 0 radical (unpaired) electrons. The molecule has 0 N–H and O–H groups in total. The van der Waals surface area contributed by atoms with Crippen molar-refractivity contribution in [3.05, 3.63) is 160 Å². The standard InChI is InChI=1S/C24H16BCl4.C11H12N/c26-21-9-1-17(2-10-21)25(18-3-11-22(27)12-4-18,19-5-13-23(28)14-6-19)20-7-15-24(29)16-8-20;1-2-12-9-5-7-10-6-3-4-8-11(10)12/h1-16H;3-9H,2H2,1H3/q-1;+1. The topological polar surface area (TPSA) is 3.88 Å². The Labute approximate surface area is 261 Å². The molecular weight excluding hydrogens is 587 g/mol. The van der Waals surface area contributed by atoms with E-state index < -0.39 is 6.15 Å². The van der Waals surface area contributed by atoms with Crippen molar-refractivity contribution in [2.24, 2.45) is 0 Å². The van der Waals surface area contributed by atoms with E-state index in [1.165, 1.54) is 10.9 Å². The van der Waals surface area contributed by atoms with E-state index in [4.69, 9.17) is 46.4 Å². The predicted octanol–water partition coefficient (Wildman–Crippen LogP) is 7.82. The van der Waals surface area contributed by atoms with Crippen molar-refractivity contribution >= 4 is 85.3 Å². The van der Waals surface area contributed by atoms with Gasteiger partial charge in [-0.25, -0.2) is 0 Å². The third kappa shape index (κ3) is 6.32. The zero-order chi connectivity index (χ0) is 28.8. The molecule has 0 amide bonds. The molecule has 0 bridgehead atoms. The highest BCUT2D eigenvalue weighted by molar-refractivity contribution is 7.19. The van der Waals surface area contributed by atoms with Crippen LogP contribution in [-0.2, 0) is 6.54 Å². The van der Waals surface area contributed by atoms with Crippen LogP contribution >= 0.6 is 46.4 Å². The van der Waals surface area contributed by atoms with Crippen LogP contribution in [0.5, 0.6) is 0 Å². The Balaban J connectivity index is 0.000000234. The molecule has 5 aromatic carbocycles. The number of hydrogen-bond donors (Lipinski definition) is 0. The fraction of sp³-hybridized carbons (Fsp3) is 0.0571. The molecule has 0 spiro atoms. The number of halogens is 4. The van der Waals surface area contributed by atoms with Gasteiger partial charge in [0.15, 0.2) is 6.20 Å². The summed E-state index contributed by atoms with van der Waals surface area (Å²) in [4.78, 5) is 0.